The number of carbonyl (C=O) groups is 1. The van der Waals surface area contributed by atoms with Crippen molar-refractivity contribution in [2.24, 2.45) is 0 Å². The molecular weight excluding hydrogens is 332 g/mol. The second-order valence-corrected chi connectivity index (χ2v) is 6.00. The van der Waals surface area contributed by atoms with Crippen molar-refractivity contribution in [3.8, 4) is 0 Å². The van der Waals surface area contributed by atoms with Crippen LogP contribution in [0.25, 0.3) is 0 Å². The molecule has 5 heteroatoms. The van der Waals surface area contributed by atoms with Gasteiger partial charge in [-0.15, -0.1) is 0 Å². The molecule has 1 atom stereocenters. The molecule has 2 aromatic rings. The number of ether oxygens (including phenoxy) is 1. The van der Waals surface area contributed by atoms with Crippen molar-refractivity contribution in [3.05, 3.63) is 57.8 Å². The number of nitrogens with one attached hydrogen (secondary N) is 1. The van der Waals surface area contributed by atoms with E-state index < -0.39 is 0 Å². The first kappa shape index (κ1) is 14.4. The summed E-state index contributed by atoms with van der Waals surface area (Å²) in [6.45, 7) is 3.68. The van der Waals surface area contributed by atoms with Crippen molar-refractivity contribution >= 4 is 21.8 Å². The van der Waals surface area contributed by atoms with Gasteiger partial charge in [-0.25, -0.2) is 0 Å². The Hall–Kier alpha value is -1.59. The topological polar surface area (TPSA) is 45.3 Å². The zero-order valence-electron chi connectivity index (χ0n) is 11.8. The largest absolute Gasteiger partial charge is 0.370 e. The van der Waals surface area contributed by atoms with Gasteiger partial charge in [0.15, 0.2) is 0 Å². The minimum Gasteiger partial charge on any atom is -0.370 e. The van der Waals surface area contributed by atoms with E-state index in [1.165, 1.54) is 0 Å². The lowest BCUT2D eigenvalue weighted by Gasteiger charge is -2.33. The third-order valence-electron chi connectivity index (χ3n) is 3.79. The summed E-state index contributed by atoms with van der Waals surface area (Å²) in [5.41, 5.74) is 2.73. The van der Waals surface area contributed by atoms with Gasteiger partial charge < -0.3 is 14.6 Å². The van der Waals surface area contributed by atoms with Gasteiger partial charge in [0.2, 0.25) is 0 Å². The molecule has 4 nitrogen and oxygen atoms in total. The molecule has 1 aliphatic rings. The highest BCUT2D eigenvalue weighted by atomic mass is 79.9. The summed E-state index contributed by atoms with van der Waals surface area (Å²) >= 11 is 3.55. The van der Waals surface area contributed by atoms with Gasteiger partial charge >= 0.3 is 0 Å². The number of halogens is 1. The molecule has 0 unspecified atom stereocenters. The maximum absolute atomic E-state index is 12.6. The molecule has 21 heavy (non-hydrogen) atoms. The number of hydrogen-bond donors (Lipinski definition) is 1. The molecule has 1 fully saturated rings. The van der Waals surface area contributed by atoms with Gasteiger partial charge in [0.25, 0.3) is 5.91 Å². The van der Waals surface area contributed by atoms with Crippen LogP contribution in [0.1, 0.15) is 27.7 Å². The van der Waals surface area contributed by atoms with Crippen LogP contribution in [0, 0.1) is 6.92 Å². The normalized spacial score (nSPS) is 18.8. The molecule has 0 saturated carbocycles. The first-order chi connectivity index (χ1) is 10.2. The van der Waals surface area contributed by atoms with Crippen LogP contribution in [-0.4, -0.2) is 35.5 Å². The summed E-state index contributed by atoms with van der Waals surface area (Å²) in [4.78, 5) is 17.5. The zero-order chi connectivity index (χ0) is 14.8. The minimum absolute atomic E-state index is 0.0640. The fourth-order valence-electron chi connectivity index (χ4n) is 2.61. The van der Waals surface area contributed by atoms with Crippen molar-refractivity contribution in [3.63, 3.8) is 0 Å². The molecule has 0 aliphatic carbocycles. The monoisotopic (exact) mass is 348 g/mol. The molecule has 1 amide bonds. The third-order valence-corrected chi connectivity index (χ3v) is 4.51. The second kappa shape index (κ2) is 6.03. The van der Waals surface area contributed by atoms with E-state index in [1.54, 1.807) is 6.20 Å². The van der Waals surface area contributed by atoms with Gasteiger partial charge in [-0.1, -0.05) is 34.1 Å². The average molecular weight is 349 g/mol. The Kier molecular flexibility index (Phi) is 4.12. The minimum atomic E-state index is -0.0856. The van der Waals surface area contributed by atoms with E-state index in [0.29, 0.717) is 19.7 Å². The summed E-state index contributed by atoms with van der Waals surface area (Å²) in [6.07, 6.45) is 1.71. The molecule has 2 heterocycles. The summed E-state index contributed by atoms with van der Waals surface area (Å²) in [6, 6.07) is 9.82. The Bertz CT molecular complexity index is 653. The highest BCUT2D eigenvalue weighted by Gasteiger charge is 2.27. The molecule has 1 N–H and O–H groups in total. The number of hydrogen-bond acceptors (Lipinski definition) is 2. The first-order valence-electron chi connectivity index (χ1n) is 6.96. The average Bonchev–Trinajstić information content (AvgIpc) is 2.93. The van der Waals surface area contributed by atoms with Gasteiger partial charge in [-0.05, 0) is 24.6 Å². The number of nitrogens with zero attached hydrogens (tertiary/aromatic N) is 1. The van der Waals surface area contributed by atoms with E-state index in [2.05, 4.69) is 20.9 Å². The summed E-state index contributed by atoms with van der Waals surface area (Å²) in [5.74, 6) is 0.0640. The first-order valence-corrected chi connectivity index (χ1v) is 7.75. The van der Waals surface area contributed by atoms with Crippen molar-refractivity contribution < 1.29 is 9.53 Å². The van der Waals surface area contributed by atoms with Gasteiger partial charge in [-0.3, -0.25) is 4.79 Å². The van der Waals surface area contributed by atoms with E-state index in [1.807, 2.05) is 42.2 Å². The lowest BCUT2D eigenvalue weighted by molar-refractivity contribution is -0.0231. The van der Waals surface area contributed by atoms with Crippen molar-refractivity contribution in [2.45, 2.75) is 13.0 Å². The number of rotatable bonds is 2. The van der Waals surface area contributed by atoms with E-state index in [-0.39, 0.29) is 12.0 Å². The smallest absolute Gasteiger partial charge is 0.255 e. The highest BCUT2D eigenvalue weighted by Crippen LogP contribution is 2.29. The van der Waals surface area contributed by atoms with Crippen LogP contribution in [0.3, 0.4) is 0 Å². The third kappa shape index (κ3) is 2.89. The van der Waals surface area contributed by atoms with Crippen molar-refractivity contribution in [2.75, 3.05) is 19.7 Å². The molecule has 3 rings (SSSR count). The van der Waals surface area contributed by atoms with Crippen LogP contribution >= 0.6 is 15.9 Å². The molecule has 1 aromatic carbocycles. The predicted molar refractivity (Wildman–Crippen MR) is 84.3 cm³/mol. The van der Waals surface area contributed by atoms with Gasteiger partial charge in [0, 0.05) is 22.9 Å². The molecule has 1 aromatic heterocycles. The Labute approximate surface area is 132 Å². The quantitative estimate of drug-likeness (QED) is 0.904. The summed E-state index contributed by atoms with van der Waals surface area (Å²) < 4.78 is 6.86. The molecule has 1 saturated heterocycles. The van der Waals surface area contributed by atoms with Gasteiger partial charge in [0.05, 0.1) is 18.7 Å². The standard InChI is InChI=1S/C16H17BrN2O2/c1-11-12(6-7-18-11)16(20)19-8-9-21-15(10-19)13-4-2-3-5-14(13)17/h2-7,15,18H,8-10H2,1H3/t15-/m0/s1. The number of aromatic amines is 1. The molecule has 0 spiro atoms. The number of benzene rings is 1. The van der Waals surface area contributed by atoms with E-state index in [0.717, 1.165) is 21.3 Å². The Balaban J connectivity index is 1.79. The maximum Gasteiger partial charge on any atom is 0.255 e. The Morgan fingerprint density at radius 1 is 1.38 bits per heavy atom. The lowest BCUT2D eigenvalue weighted by Crippen LogP contribution is -2.42. The molecule has 0 radical (unpaired) electrons. The number of carbonyl (C=O) groups excluding carboxylic acids is 1. The maximum atomic E-state index is 12.6. The van der Waals surface area contributed by atoms with Crippen LogP contribution in [0.2, 0.25) is 0 Å². The Morgan fingerprint density at radius 2 is 2.19 bits per heavy atom. The fraction of sp³-hybridized carbons (Fsp3) is 0.312. The van der Waals surface area contributed by atoms with Crippen LogP contribution in [-0.2, 0) is 4.74 Å². The van der Waals surface area contributed by atoms with Crippen LogP contribution in [0.4, 0.5) is 0 Å². The molecule has 0 bridgehead atoms. The number of morpholine rings is 1. The van der Waals surface area contributed by atoms with Gasteiger partial charge in [-0.2, -0.15) is 0 Å². The van der Waals surface area contributed by atoms with Crippen LogP contribution < -0.4 is 0 Å². The summed E-state index contributed by atoms with van der Waals surface area (Å²) in [5, 5.41) is 0. The molecular formula is C16H17BrN2O2. The lowest BCUT2D eigenvalue weighted by atomic mass is 10.1. The fourth-order valence-corrected chi connectivity index (χ4v) is 3.15. The van der Waals surface area contributed by atoms with E-state index in [9.17, 15) is 4.79 Å². The number of amides is 1. The number of aromatic nitrogens is 1. The van der Waals surface area contributed by atoms with E-state index in [4.69, 9.17) is 4.74 Å². The SMILES string of the molecule is Cc1[nH]ccc1C(=O)N1CCO[C@H](c2ccccc2Br)C1. The number of aryl methyl sites for hydroxylation is 1. The number of H-pyrrole nitrogens is 1. The van der Waals surface area contributed by atoms with Crippen LogP contribution in [0.5, 0.6) is 0 Å². The second-order valence-electron chi connectivity index (χ2n) is 5.15. The molecule has 110 valence electrons. The van der Waals surface area contributed by atoms with Crippen molar-refractivity contribution in [1.29, 1.82) is 0 Å². The highest BCUT2D eigenvalue weighted by molar-refractivity contribution is 9.10. The van der Waals surface area contributed by atoms with Crippen LogP contribution in [0.15, 0.2) is 41.0 Å². The zero-order valence-corrected chi connectivity index (χ0v) is 13.4. The predicted octanol–water partition coefficient (Wildman–Crippen LogP) is 3.30. The molecule has 1 aliphatic heterocycles. The van der Waals surface area contributed by atoms with Crippen molar-refractivity contribution in [1.82, 2.24) is 9.88 Å². The van der Waals surface area contributed by atoms with E-state index >= 15 is 0 Å². The Morgan fingerprint density at radius 3 is 2.90 bits per heavy atom. The summed E-state index contributed by atoms with van der Waals surface area (Å²) in [7, 11) is 0. The van der Waals surface area contributed by atoms with Gasteiger partial charge in [0.1, 0.15) is 6.10 Å².